The smallest absolute Gasteiger partial charge is 0.298 e. The number of thiazole rings is 1. The number of hydrogen-bond acceptors (Lipinski definition) is 7. The molecule has 0 bridgehead atoms. The molecule has 1 N–H and O–H groups in total. The molecular formula is C19H12F3N3O5S2. The molecule has 0 fully saturated rings. The fourth-order valence-electron chi connectivity index (χ4n) is 2.44. The maximum atomic E-state index is 12.7. The number of amides is 1. The zero-order valence-corrected chi connectivity index (χ0v) is 17.4. The number of benzene rings is 2. The van der Waals surface area contributed by atoms with Crippen molar-refractivity contribution < 1.29 is 31.3 Å². The van der Waals surface area contributed by atoms with Crippen LogP contribution in [-0.2, 0) is 20.8 Å². The van der Waals surface area contributed by atoms with Crippen LogP contribution in [0.1, 0.15) is 11.1 Å². The summed E-state index contributed by atoms with van der Waals surface area (Å²) >= 11 is 0.653. The van der Waals surface area contributed by atoms with Gasteiger partial charge >= 0.3 is 6.18 Å². The lowest BCUT2D eigenvalue weighted by atomic mass is 10.1. The molecule has 0 saturated carbocycles. The van der Waals surface area contributed by atoms with Crippen LogP contribution in [0.2, 0.25) is 0 Å². The molecule has 13 heteroatoms. The number of non-ortho nitro benzene ring substituents is 1. The van der Waals surface area contributed by atoms with Crippen molar-refractivity contribution >= 4 is 44.0 Å². The predicted molar refractivity (Wildman–Crippen MR) is 110 cm³/mol. The first-order valence-electron chi connectivity index (χ1n) is 8.58. The molecule has 0 aliphatic heterocycles. The second-order valence-electron chi connectivity index (χ2n) is 6.18. The van der Waals surface area contributed by atoms with Gasteiger partial charge in [0.15, 0.2) is 5.13 Å². The number of anilines is 1. The van der Waals surface area contributed by atoms with Crippen LogP contribution in [0.4, 0.5) is 24.0 Å². The van der Waals surface area contributed by atoms with Gasteiger partial charge in [0.25, 0.3) is 5.69 Å². The highest BCUT2D eigenvalue weighted by molar-refractivity contribution is 7.93. The summed E-state index contributed by atoms with van der Waals surface area (Å²) in [6.07, 6.45) is -1.33. The van der Waals surface area contributed by atoms with Crippen LogP contribution in [0.15, 0.2) is 69.9 Å². The molecule has 0 atom stereocenters. The van der Waals surface area contributed by atoms with Crippen LogP contribution >= 0.6 is 11.3 Å². The lowest BCUT2D eigenvalue weighted by Gasteiger charge is -2.06. The highest BCUT2D eigenvalue weighted by Gasteiger charge is 2.30. The Morgan fingerprint density at radius 3 is 2.47 bits per heavy atom. The summed E-state index contributed by atoms with van der Waals surface area (Å²) in [6.45, 7) is 0. The third-order valence-corrected chi connectivity index (χ3v) is 7.12. The Hall–Kier alpha value is -3.58. The number of nitrogens with one attached hydrogen (secondary N) is 1. The van der Waals surface area contributed by atoms with Gasteiger partial charge in [0, 0.05) is 18.2 Å². The maximum absolute atomic E-state index is 12.7. The van der Waals surface area contributed by atoms with Gasteiger partial charge in [-0.2, -0.15) is 13.2 Å². The first kappa shape index (κ1) is 23.1. The standard InChI is InChI=1S/C19H12F3N3O5S2/c20-19(21,22)13-3-1-2-12(10-13)4-9-16(26)24-18-23-11-17(31-18)32(29,30)15-7-5-14(6-8-15)25(27)28/h1-11H,(H,23,24,26). The van der Waals surface area contributed by atoms with Crippen molar-refractivity contribution in [3.05, 3.63) is 82.0 Å². The van der Waals surface area contributed by atoms with Crippen molar-refractivity contribution in [3.8, 4) is 0 Å². The first-order valence-corrected chi connectivity index (χ1v) is 10.9. The Morgan fingerprint density at radius 2 is 1.84 bits per heavy atom. The second kappa shape index (κ2) is 8.88. The van der Waals surface area contributed by atoms with Gasteiger partial charge in [0.1, 0.15) is 4.21 Å². The summed E-state index contributed by atoms with van der Waals surface area (Å²) in [6, 6.07) is 8.65. The second-order valence-corrected chi connectivity index (χ2v) is 9.39. The Balaban J connectivity index is 1.71. The molecule has 0 aliphatic rings. The predicted octanol–water partition coefficient (Wildman–Crippen LogP) is 4.55. The van der Waals surface area contributed by atoms with E-state index in [0.29, 0.717) is 11.3 Å². The van der Waals surface area contributed by atoms with Crippen molar-refractivity contribution in [3.63, 3.8) is 0 Å². The topological polar surface area (TPSA) is 119 Å². The van der Waals surface area contributed by atoms with Crippen LogP contribution in [0.3, 0.4) is 0 Å². The zero-order valence-electron chi connectivity index (χ0n) is 15.7. The average Bonchev–Trinajstić information content (AvgIpc) is 3.21. The number of halogens is 3. The third-order valence-electron chi connectivity index (χ3n) is 3.98. The fourth-order valence-corrected chi connectivity index (χ4v) is 4.88. The Kier molecular flexibility index (Phi) is 6.41. The summed E-state index contributed by atoms with van der Waals surface area (Å²) in [5, 5.41) is 13.0. The average molecular weight is 483 g/mol. The summed E-state index contributed by atoms with van der Waals surface area (Å²) < 4.78 is 63.3. The number of hydrogen-bond donors (Lipinski definition) is 1. The number of carbonyl (C=O) groups excluding carboxylic acids is 1. The van der Waals surface area contributed by atoms with Crippen molar-refractivity contribution in [2.75, 3.05) is 5.32 Å². The van der Waals surface area contributed by atoms with E-state index in [1.165, 1.54) is 18.2 Å². The molecule has 3 rings (SSSR count). The Morgan fingerprint density at radius 1 is 1.16 bits per heavy atom. The molecule has 2 aromatic carbocycles. The quantitative estimate of drug-likeness (QED) is 0.312. The van der Waals surface area contributed by atoms with Crippen LogP contribution in [-0.4, -0.2) is 24.2 Å². The van der Waals surface area contributed by atoms with E-state index >= 15 is 0 Å². The number of alkyl halides is 3. The van der Waals surface area contributed by atoms with E-state index in [2.05, 4.69) is 10.3 Å². The third kappa shape index (κ3) is 5.36. The van der Waals surface area contributed by atoms with E-state index in [9.17, 15) is 36.5 Å². The number of carbonyl (C=O) groups is 1. The zero-order chi connectivity index (χ0) is 23.5. The van der Waals surface area contributed by atoms with Crippen molar-refractivity contribution in [1.29, 1.82) is 0 Å². The van der Waals surface area contributed by atoms with Gasteiger partial charge in [-0.25, -0.2) is 13.4 Å². The summed E-state index contributed by atoms with van der Waals surface area (Å²) in [4.78, 5) is 25.7. The largest absolute Gasteiger partial charge is 0.416 e. The molecular weight excluding hydrogens is 471 g/mol. The molecule has 0 saturated heterocycles. The molecule has 0 spiro atoms. The molecule has 3 aromatic rings. The normalized spacial score (nSPS) is 12.1. The number of aromatic nitrogens is 1. The molecule has 32 heavy (non-hydrogen) atoms. The van der Waals surface area contributed by atoms with E-state index in [1.54, 1.807) is 0 Å². The highest BCUT2D eigenvalue weighted by atomic mass is 32.2. The van der Waals surface area contributed by atoms with E-state index in [-0.39, 0.29) is 25.5 Å². The van der Waals surface area contributed by atoms with Crippen LogP contribution < -0.4 is 5.32 Å². The van der Waals surface area contributed by atoms with E-state index in [0.717, 1.165) is 48.7 Å². The van der Waals surface area contributed by atoms with Crippen molar-refractivity contribution in [2.45, 2.75) is 15.3 Å². The van der Waals surface area contributed by atoms with Gasteiger partial charge < -0.3 is 0 Å². The van der Waals surface area contributed by atoms with Crippen molar-refractivity contribution in [2.24, 2.45) is 0 Å². The first-order chi connectivity index (χ1) is 15.0. The van der Waals surface area contributed by atoms with E-state index in [1.807, 2.05) is 0 Å². The lowest BCUT2D eigenvalue weighted by Crippen LogP contribution is -2.07. The number of rotatable bonds is 6. The number of nitro benzene ring substituents is 1. The fraction of sp³-hybridized carbons (Fsp3) is 0.0526. The minimum Gasteiger partial charge on any atom is -0.298 e. The summed E-state index contributed by atoms with van der Waals surface area (Å²) in [5.74, 6) is -0.726. The van der Waals surface area contributed by atoms with Crippen LogP contribution in [0.25, 0.3) is 6.08 Å². The van der Waals surface area contributed by atoms with Gasteiger partial charge in [0.2, 0.25) is 15.7 Å². The number of nitro groups is 1. The maximum Gasteiger partial charge on any atom is 0.416 e. The van der Waals surface area contributed by atoms with Crippen LogP contribution in [0, 0.1) is 10.1 Å². The van der Waals surface area contributed by atoms with E-state index < -0.39 is 32.4 Å². The Labute approximate surface area is 183 Å². The molecule has 166 valence electrons. The monoisotopic (exact) mass is 483 g/mol. The van der Waals surface area contributed by atoms with Gasteiger partial charge in [-0.1, -0.05) is 23.5 Å². The lowest BCUT2D eigenvalue weighted by molar-refractivity contribution is -0.384. The highest BCUT2D eigenvalue weighted by Crippen LogP contribution is 2.30. The molecule has 1 aromatic heterocycles. The van der Waals surface area contributed by atoms with Gasteiger partial charge in [-0.15, -0.1) is 0 Å². The van der Waals surface area contributed by atoms with Gasteiger partial charge in [0.05, 0.1) is 21.6 Å². The molecule has 1 amide bonds. The minimum atomic E-state index is -4.52. The summed E-state index contributed by atoms with van der Waals surface area (Å²) in [5.41, 5.74) is -0.981. The molecule has 0 radical (unpaired) electrons. The van der Waals surface area contributed by atoms with Crippen LogP contribution in [0.5, 0.6) is 0 Å². The molecule has 1 heterocycles. The minimum absolute atomic E-state index is 0.0517. The van der Waals surface area contributed by atoms with E-state index in [4.69, 9.17) is 0 Å². The molecule has 0 unspecified atom stereocenters. The number of nitrogens with zero attached hydrogens (tertiary/aromatic N) is 2. The SMILES string of the molecule is O=C(C=Cc1cccc(C(F)(F)F)c1)Nc1ncc(S(=O)(=O)c2ccc([N+](=O)[O-])cc2)s1. The van der Waals surface area contributed by atoms with Crippen molar-refractivity contribution in [1.82, 2.24) is 4.98 Å². The molecule has 0 aliphatic carbocycles. The van der Waals surface area contributed by atoms with Gasteiger partial charge in [-0.3, -0.25) is 20.2 Å². The summed E-state index contributed by atoms with van der Waals surface area (Å²) in [7, 11) is -4.01. The number of sulfone groups is 1. The Bertz CT molecular complexity index is 1300. The molecule has 8 nitrogen and oxygen atoms in total. The van der Waals surface area contributed by atoms with Gasteiger partial charge in [-0.05, 0) is 35.9 Å².